The number of benzene rings is 1. The number of halogens is 3. The zero-order valence-electron chi connectivity index (χ0n) is 9.42. The molecule has 7 heteroatoms. The van der Waals surface area contributed by atoms with Gasteiger partial charge in [0.1, 0.15) is 17.2 Å². The molecule has 100 valence electrons. The van der Waals surface area contributed by atoms with Gasteiger partial charge in [-0.25, -0.2) is 0 Å². The molecule has 19 heavy (non-hydrogen) atoms. The van der Waals surface area contributed by atoms with E-state index in [0.717, 1.165) is 12.1 Å². The first-order valence-electron chi connectivity index (χ1n) is 5.15. The van der Waals surface area contributed by atoms with Gasteiger partial charge in [-0.05, 0) is 24.3 Å². The fourth-order valence-electron chi connectivity index (χ4n) is 1.31. The van der Waals surface area contributed by atoms with E-state index >= 15 is 0 Å². The second-order valence-corrected chi connectivity index (χ2v) is 3.52. The summed E-state index contributed by atoms with van der Waals surface area (Å²) in [6.45, 7) is 0. The molecule has 0 spiro atoms. The highest BCUT2D eigenvalue weighted by molar-refractivity contribution is 5.34. The quantitative estimate of drug-likeness (QED) is 0.636. The maximum Gasteiger partial charge on any atom is 0.573 e. The van der Waals surface area contributed by atoms with E-state index in [4.69, 9.17) is 4.74 Å². The Morgan fingerprint density at radius 3 is 1.84 bits per heavy atom. The predicted molar refractivity (Wildman–Crippen MR) is 58.6 cm³/mol. The van der Waals surface area contributed by atoms with Gasteiger partial charge in [-0.15, -0.1) is 13.2 Å². The zero-order chi connectivity index (χ0) is 13.9. The normalized spacial score (nSPS) is 11.1. The van der Waals surface area contributed by atoms with Crippen molar-refractivity contribution in [2.75, 3.05) is 0 Å². The highest BCUT2D eigenvalue weighted by atomic mass is 19.4. The molecule has 1 aromatic carbocycles. The van der Waals surface area contributed by atoms with Gasteiger partial charge in [-0.3, -0.25) is 0 Å². The van der Waals surface area contributed by atoms with Crippen LogP contribution in [0.4, 0.5) is 13.2 Å². The molecule has 1 heterocycles. The number of hydrogen-bond acceptors (Lipinski definition) is 3. The Morgan fingerprint density at radius 2 is 1.32 bits per heavy atom. The van der Waals surface area contributed by atoms with Crippen molar-refractivity contribution in [3.63, 3.8) is 0 Å². The highest BCUT2D eigenvalue weighted by Crippen LogP contribution is 2.26. The maximum atomic E-state index is 11.9. The Balaban J connectivity index is 2.04. The molecule has 0 aliphatic carbocycles. The zero-order valence-corrected chi connectivity index (χ0v) is 9.42. The first-order valence-corrected chi connectivity index (χ1v) is 5.15. The molecule has 0 aliphatic rings. The molecule has 0 saturated heterocycles. The summed E-state index contributed by atoms with van der Waals surface area (Å²) in [5.74, 6) is 0.403. The standard InChI is InChI=1S/C12H8F3NO3/c13-12(14,15)19-11-3-1-9(2-4-11)18-10-5-7-16(17)8-6-10/h1-8H. The lowest BCUT2D eigenvalue weighted by atomic mass is 10.3. The van der Waals surface area contributed by atoms with Gasteiger partial charge < -0.3 is 14.7 Å². The van der Waals surface area contributed by atoms with Gasteiger partial charge in [0.05, 0.1) is 0 Å². The Bertz CT molecular complexity index is 538. The van der Waals surface area contributed by atoms with E-state index in [1.54, 1.807) is 0 Å². The average molecular weight is 271 g/mol. The van der Waals surface area contributed by atoms with Crippen LogP contribution in [0.2, 0.25) is 0 Å². The highest BCUT2D eigenvalue weighted by Gasteiger charge is 2.30. The lowest BCUT2D eigenvalue weighted by Gasteiger charge is -2.09. The van der Waals surface area contributed by atoms with Crippen LogP contribution in [-0.2, 0) is 0 Å². The van der Waals surface area contributed by atoms with Crippen molar-refractivity contribution in [3.8, 4) is 17.2 Å². The van der Waals surface area contributed by atoms with E-state index in [9.17, 15) is 18.4 Å². The van der Waals surface area contributed by atoms with Crippen LogP contribution in [0.5, 0.6) is 17.2 Å². The van der Waals surface area contributed by atoms with E-state index < -0.39 is 6.36 Å². The Morgan fingerprint density at radius 1 is 0.842 bits per heavy atom. The molecule has 4 nitrogen and oxygen atoms in total. The largest absolute Gasteiger partial charge is 0.619 e. The van der Waals surface area contributed by atoms with Crippen LogP contribution in [-0.4, -0.2) is 6.36 Å². The number of hydrogen-bond donors (Lipinski definition) is 0. The Kier molecular flexibility index (Phi) is 3.46. The molecule has 0 unspecified atom stereocenters. The van der Waals surface area contributed by atoms with Crippen LogP contribution in [0.1, 0.15) is 0 Å². The topological polar surface area (TPSA) is 45.4 Å². The third kappa shape index (κ3) is 4.06. The summed E-state index contributed by atoms with van der Waals surface area (Å²) in [5.41, 5.74) is 0. The third-order valence-electron chi connectivity index (χ3n) is 2.06. The maximum absolute atomic E-state index is 11.9. The van der Waals surface area contributed by atoms with Gasteiger partial charge in [0.15, 0.2) is 12.4 Å². The van der Waals surface area contributed by atoms with E-state index in [2.05, 4.69) is 4.74 Å². The summed E-state index contributed by atoms with van der Waals surface area (Å²) < 4.78 is 45.5. The van der Waals surface area contributed by atoms with Crippen LogP contribution >= 0.6 is 0 Å². The Hall–Kier alpha value is -2.44. The summed E-state index contributed by atoms with van der Waals surface area (Å²) in [6.07, 6.45) is -2.23. The molecule has 0 amide bonds. The van der Waals surface area contributed by atoms with Crippen molar-refractivity contribution in [3.05, 3.63) is 54.0 Å². The summed E-state index contributed by atoms with van der Waals surface area (Å²) in [6, 6.07) is 7.82. The van der Waals surface area contributed by atoms with Crippen LogP contribution < -0.4 is 14.2 Å². The van der Waals surface area contributed by atoms with Crippen LogP contribution in [0.25, 0.3) is 0 Å². The molecular weight excluding hydrogens is 263 g/mol. The minimum absolute atomic E-state index is 0.328. The van der Waals surface area contributed by atoms with Crippen LogP contribution in [0.15, 0.2) is 48.8 Å². The molecule has 0 aliphatic heterocycles. The molecule has 0 N–H and O–H groups in total. The summed E-state index contributed by atoms with van der Waals surface area (Å²) >= 11 is 0. The number of aromatic nitrogens is 1. The smallest absolute Gasteiger partial charge is 0.573 e. The van der Waals surface area contributed by atoms with Crippen molar-refractivity contribution in [1.29, 1.82) is 0 Å². The van der Waals surface area contributed by atoms with Gasteiger partial charge in [-0.2, -0.15) is 4.73 Å². The van der Waals surface area contributed by atoms with Crippen LogP contribution in [0, 0.1) is 5.21 Å². The van der Waals surface area contributed by atoms with E-state index in [1.165, 1.54) is 36.7 Å². The second-order valence-electron chi connectivity index (χ2n) is 3.52. The lowest BCUT2D eigenvalue weighted by Crippen LogP contribution is -2.23. The van der Waals surface area contributed by atoms with Gasteiger partial charge in [0.25, 0.3) is 0 Å². The molecule has 0 atom stereocenters. The van der Waals surface area contributed by atoms with Crippen LogP contribution in [0.3, 0.4) is 0 Å². The predicted octanol–water partition coefficient (Wildman–Crippen LogP) is 3.01. The number of ether oxygens (including phenoxy) is 2. The number of alkyl halides is 3. The molecule has 0 bridgehead atoms. The summed E-state index contributed by atoms with van der Waals surface area (Å²) in [7, 11) is 0. The molecule has 2 rings (SSSR count). The van der Waals surface area contributed by atoms with Crippen molar-refractivity contribution in [2.24, 2.45) is 0 Å². The molecule has 0 saturated carbocycles. The molecule has 0 fully saturated rings. The van der Waals surface area contributed by atoms with Crippen molar-refractivity contribution in [1.82, 2.24) is 0 Å². The van der Waals surface area contributed by atoms with Crippen molar-refractivity contribution in [2.45, 2.75) is 6.36 Å². The SMILES string of the molecule is [O-][n+]1ccc(Oc2ccc(OC(F)(F)F)cc2)cc1. The number of rotatable bonds is 3. The van der Waals surface area contributed by atoms with Gasteiger partial charge in [-0.1, -0.05) is 0 Å². The van der Waals surface area contributed by atoms with Gasteiger partial charge >= 0.3 is 6.36 Å². The minimum atomic E-state index is -4.72. The van der Waals surface area contributed by atoms with E-state index in [-0.39, 0.29) is 5.75 Å². The fraction of sp³-hybridized carbons (Fsp3) is 0.0833. The first-order chi connectivity index (χ1) is 8.92. The molecule has 1 aromatic heterocycles. The minimum Gasteiger partial charge on any atom is -0.619 e. The molecular formula is C12H8F3NO3. The van der Waals surface area contributed by atoms with Gasteiger partial charge in [0, 0.05) is 12.1 Å². The second kappa shape index (κ2) is 5.05. The lowest BCUT2D eigenvalue weighted by molar-refractivity contribution is -0.605. The third-order valence-corrected chi connectivity index (χ3v) is 2.06. The Labute approximate surface area is 106 Å². The summed E-state index contributed by atoms with van der Waals surface area (Å²) in [5, 5.41) is 10.8. The van der Waals surface area contributed by atoms with Gasteiger partial charge in [0.2, 0.25) is 0 Å². The number of nitrogens with zero attached hydrogens (tertiary/aromatic N) is 1. The number of pyridine rings is 1. The molecule has 2 aromatic rings. The first kappa shape index (κ1) is 13.0. The average Bonchev–Trinajstić information content (AvgIpc) is 2.33. The summed E-state index contributed by atoms with van der Waals surface area (Å²) in [4.78, 5) is 0. The van der Waals surface area contributed by atoms with E-state index in [1.807, 2.05) is 0 Å². The van der Waals surface area contributed by atoms with Crippen molar-refractivity contribution < 1.29 is 27.4 Å². The van der Waals surface area contributed by atoms with Crippen molar-refractivity contribution >= 4 is 0 Å². The fourth-order valence-corrected chi connectivity index (χ4v) is 1.31. The van der Waals surface area contributed by atoms with E-state index in [0.29, 0.717) is 16.2 Å². The monoisotopic (exact) mass is 271 g/mol. The molecule has 0 radical (unpaired) electrons.